The minimum absolute atomic E-state index is 0.657. The molecule has 1 aromatic carbocycles. The summed E-state index contributed by atoms with van der Waals surface area (Å²) in [5.41, 5.74) is 4.25. The van der Waals surface area contributed by atoms with Crippen LogP contribution >= 0.6 is 0 Å². The molecule has 0 aliphatic carbocycles. The molecule has 0 radical (unpaired) electrons. The second-order valence-corrected chi connectivity index (χ2v) is 4.25. The lowest BCUT2D eigenvalue weighted by atomic mass is 10.0. The summed E-state index contributed by atoms with van der Waals surface area (Å²) >= 11 is 0. The molecule has 0 aromatic heterocycles. The Balaban J connectivity index is 2.61. The molecule has 1 rings (SSSR count). The molecular weight excluding hydrogens is 182 g/mol. The standard InChI is InChI=1S/C14H23N/c1-5-14(6-2)15-10-13-9-7-8-11(3)12(13)4/h7-9,14-15H,5-6,10H2,1-4H3. The maximum absolute atomic E-state index is 3.60. The number of hydrogen-bond donors (Lipinski definition) is 1. The van der Waals surface area contributed by atoms with E-state index in [2.05, 4.69) is 51.2 Å². The van der Waals surface area contributed by atoms with Crippen LogP contribution in [-0.2, 0) is 6.54 Å². The van der Waals surface area contributed by atoms with Gasteiger partial charge in [-0.3, -0.25) is 0 Å². The third kappa shape index (κ3) is 3.35. The Hall–Kier alpha value is -0.820. The van der Waals surface area contributed by atoms with Crippen LogP contribution in [0.1, 0.15) is 43.4 Å². The average Bonchev–Trinajstić information content (AvgIpc) is 2.25. The van der Waals surface area contributed by atoms with Crippen molar-refractivity contribution in [2.24, 2.45) is 0 Å². The maximum Gasteiger partial charge on any atom is 0.0210 e. The fraction of sp³-hybridized carbons (Fsp3) is 0.571. The molecule has 1 nitrogen and oxygen atoms in total. The molecule has 0 saturated carbocycles. The Bertz CT molecular complexity index is 300. The van der Waals surface area contributed by atoms with E-state index in [4.69, 9.17) is 0 Å². The molecule has 15 heavy (non-hydrogen) atoms. The minimum Gasteiger partial charge on any atom is -0.310 e. The molecule has 0 spiro atoms. The first-order valence-electron chi connectivity index (χ1n) is 5.97. The average molecular weight is 205 g/mol. The van der Waals surface area contributed by atoms with Crippen molar-refractivity contribution < 1.29 is 0 Å². The van der Waals surface area contributed by atoms with Crippen molar-refractivity contribution in [3.63, 3.8) is 0 Å². The van der Waals surface area contributed by atoms with Crippen molar-refractivity contribution in [3.8, 4) is 0 Å². The smallest absolute Gasteiger partial charge is 0.0210 e. The summed E-state index contributed by atoms with van der Waals surface area (Å²) in [5.74, 6) is 0. The van der Waals surface area contributed by atoms with Gasteiger partial charge in [0.2, 0.25) is 0 Å². The van der Waals surface area contributed by atoms with Crippen molar-refractivity contribution in [1.29, 1.82) is 0 Å². The second kappa shape index (κ2) is 5.92. The van der Waals surface area contributed by atoms with E-state index >= 15 is 0 Å². The van der Waals surface area contributed by atoms with E-state index in [1.54, 1.807) is 0 Å². The summed E-state index contributed by atoms with van der Waals surface area (Å²) in [6, 6.07) is 7.20. The van der Waals surface area contributed by atoms with Crippen LogP contribution in [0.4, 0.5) is 0 Å². The van der Waals surface area contributed by atoms with Crippen LogP contribution < -0.4 is 5.32 Å². The van der Waals surface area contributed by atoms with Crippen LogP contribution in [0.2, 0.25) is 0 Å². The Morgan fingerprint density at radius 3 is 2.40 bits per heavy atom. The van der Waals surface area contributed by atoms with Crippen LogP contribution in [0, 0.1) is 13.8 Å². The third-order valence-electron chi connectivity index (χ3n) is 3.28. The van der Waals surface area contributed by atoms with Crippen LogP contribution in [0.5, 0.6) is 0 Å². The lowest BCUT2D eigenvalue weighted by Crippen LogP contribution is -2.27. The Kier molecular flexibility index (Phi) is 4.83. The topological polar surface area (TPSA) is 12.0 Å². The van der Waals surface area contributed by atoms with Crippen molar-refractivity contribution >= 4 is 0 Å². The van der Waals surface area contributed by atoms with Gasteiger partial charge in [0.25, 0.3) is 0 Å². The molecule has 0 atom stereocenters. The second-order valence-electron chi connectivity index (χ2n) is 4.25. The number of aryl methyl sites for hydroxylation is 1. The van der Waals surface area contributed by atoms with Gasteiger partial charge in [-0.1, -0.05) is 32.0 Å². The van der Waals surface area contributed by atoms with E-state index in [9.17, 15) is 0 Å². The first-order valence-corrected chi connectivity index (χ1v) is 5.97. The number of rotatable bonds is 5. The zero-order chi connectivity index (χ0) is 11.3. The third-order valence-corrected chi connectivity index (χ3v) is 3.28. The molecule has 1 N–H and O–H groups in total. The van der Waals surface area contributed by atoms with Gasteiger partial charge in [-0.2, -0.15) is 0 Å². The normalized spacial score (nSPS) is 11.0. The van der Waals surface area contributed by atoms with Crippen molar-refractivity contribution in [2.45, 2.75) is 53.1 Å². The number of hydrogen-bond acceptors (Lipinski definition) is 1. The van der Waals surface area contributed by atoms with E-state index in [0.29, 0.717) is 6.04 Å². The highest BCUT2D eigenvalue weighted by atomic mass is 14.9. The highest BCUT2D eigenvalue weighted by Crippen LogP contribution is 2.12. The summed E-state index contributed by atoms with van der Waals surface area (Å²) in [5, 5.41) is 3.60. The molecule has 0 aliphatic heterocycles. The van der Waals surface area contributed by atoms with E-state index in [1.807, 2.05) is 0 Å². The molecule has 0 unspecified atom stereocenters. The molecule has 0 heterocycles. The van der Waals surface area contributed by atoms with Crippen molar-refractivity contribution in [3.05, 3.63) is 34.9 Å². The lowest BCUT2D eigenvalue weighted by molar-refractivity contribution is 0.483. The Morgan fingerprint density at radius 2 is 1.80 bits per heavy atom. The van der Waals surface area contributed by atoms with Crippen molar-refractivity contribution in [2.75, 3.05) is 0 Å². The van der Waals surface area contributed by atoms with Crippen LogP contribution in [0.15, 0.2) is 18.2 Å². The molecule has 0 saturated heterocycles. The van der Waals surface area contributed by atoms with E-state index in [0.717, 1.165) is 6.54 Å². The van der Waals surface area contributed by atoms with Gasteiger partial charge in [0.05, 0.1) is 0 Å². The van der Waals surface area contributed by atoms with Crippen molar-refractivity contribution in [1.82, 2.24) is 5.32 Å². The van der Waals surface area contributed by atoms with Gasteiger partial charge < -0.3 is 5.32 Å². The van der Waals surface area contributed by atoms with Gasteiger partial charge in [-0.05, 0) is 43.4 Å². The molecule has 0 fully saturated rings. The molecule has 84 valence electrons. The van der Waals surface area contributed by atoms with Gasteiger partial charge in [-0.25, -0.2) is 0 Å². The quantitative estimate of drug-likeness (QED) is 0.774. The Morgan fingerprint density at radius 1 is 1.13 bits per heavy atom. The zero-order valence-electron chi connectivity index (χ0n) is 10.4. The van der Waals surface area contributed by atoms with Gasteiger partial charge >= 0.3 is 0 Å². The molecule has 1 aromatic rings. The first kappa shape index (κ1) is 12.3. The molecule has 0 bridgehead atoms. The molecule has 0 amide bonds. The SMILES string of the molecule is CCC(CC)NCc1cccc(C)c1C. The summed E-state index contributed by atoms with van der Waals surface area (Å²) in [7, 11) is 0. The summed E-state index contributed by atoms with van der Waals surface area (Å²) < 4.78 is 0. The predicted octanol–water partition coefficient (Wildman–Crippen LogP) is 3.58. The summed E-state index contributed by atoms with van der Waals surface area (Å²) in [6.45, 7) is 9.86. The maximum atomic E-state index is 3.60. The fourth-order valence-corrected chi connectivity index (χ4v) is 1.84. The van der Waals surface area contributed by atoms with Crippen LogP contribution in [0.3, 0.4) is 0 Å². The monoisotopic (exact) mass is 205 g/mol. The van der Waals surface area contributed by atoms with Crippen LogP contribution in [0.25, 0.3) is 0 Å². The lowest BCUT2D eigenvalue weighted by Gasteiger charge is -2.16. The van der Waals surface area contributed by atoms with Crippen LogP contribution in [-0.4, -0.2) is 6.04 Å². The van der Waals surface area contributed by atoms with E-state index in [1.165, 1.54) is 29.5 Å². The number of nitrogens with one attached hydrogen (secondary N) is 1. The fourth-order valence-electron chi connectivity index (χ4n) is 1.84. The number of benzene rings is 1. The first-order chi connectivity index (χ1) is 7.19. The molecule has 1 heteroatoms. The Labute approximate surface area is 93.9 Å². The zero-order valence-corrected chi connectivity index (χ0v) is 10.4. The highest BCUT2D eigenvalue weighted by Gasteiger charge is 2.04. The molecular formula is C14H23N. The summed E-state index contributed by atoms with van der Waals surface area (Å²) in [6.07, 6.45) is 2.42. The van der Waals surface area contributed by atoms with E-state index in [-0.39, 0.29) is 0 Å². The van der Waals surface area contributed by atoms with Gasteiger partial charge in [0.15, 0.2) is 0 Å². The van der Waals surface area contributed by atoms with E-state index < -0.39 is 0 Å². The highest BCUT2D eigenvalue weighted by molar-refractivity contribution is 5.32. The summed E-state index contributed by atoms with van der Waals surface area (Å²) in [4.78, 5) is 0. The minimum atomic E-state index is 0.657. The predicted molar refractivity (Wildman–Crippen MR) is 67.1 cm³/mol. The largest absolute Gasteiger partial charge is 0.310 e. The van der Waals surface area contributed by atoms with Gasteiger partial charge in [0.1, 0.15) is 0 Å². The molecule has 0 aliphatic rings. The van der Waals surface area contributed by atoms with Gasteiger partial charge in [-0.15, -0.1) is 0 Å². The van der Waals surface area contributed by atoms with Gasteiger partial charge in [0, 0.05) is 12.6 Å².